The van der Waals surface area contributed by atoms with E-state index in [2.05, 4.69) is 19.7 Å². The van der Waals surface area contributed by atoms with Crippen molar-refractivity contribution < 1.29 is 4.21 Å². The quantitative estimate of drug-likeness (QED) is 0.913. The van der Waals surface area contributed by atoms with Crippen LogP contribution in [0.15, 0.2) is 6.33 Å². The highest BCUT2D eigenvalue weighted by Gasteiger charge is 2.12. The zero-order valence-corrected chi connectivity index (χ0v) is 11.6. The molecule has 17 heavy (non-hydrogen) atoms. The van der Waals surface area contributed by atoms with Crippen LogP contribution < -0.4 is 5.32 Å². The van der Waals surface area contributed by atoms with Gasteiger partial charge in [-0.3, -0.25) is 4.21 Å². The van der Waals surface area contributed by atoms with Gasteiger partial charge < -0.3 is 5.32 Å². The molecule has 0 bridgehead atoms. The van der Waals surface area contributed by atoms with Gasteiger partial charge in [-0.1, -0.05) is 0 Å². The number of nitrogens with zero attached hydrogens (tertiary/aromatic N) is 3. The largest absolute Gasteiger partial charge is 0.366 e. The van der Waals surface area contributed by atoms with E-state index < -0.39 is 10.8 Å². The van der Waals surface area contributed by atoms with Gasteiger partial charge in [0.25, 0.3) is 0 Å². The average molecular weight is 270 g/mol. The third-order valence-electron chi connectivity index (χ3n) is 2.31. The molecule has 2 unspecified atom stereocenters. The van der Waals surface area contributed by atoms with Gasteiger partial charge >= 0.3 is 0 Å². The number of aromatic nitrogens is 3. The maximum absolute atomic E-state index is 11.2. The molecule has 0 aliphatic carbocycles. The Morgan fingerprint density at radius 2 is 2.29 bits per heavy atom. The van der Waals surface area contributed by atoms with Gasteiger partial charge in [-0.05, 0) is 25.4 Å². The fraction of sp³-hybridized carbons (Fsp3) is 0.500. The Labute approximate surface area is 106 Å². The van der Waals surface area contributed by atoms with Gasteiger partial charge in [-0.25, -0.2) is 9.97 Å². The minimum atomic E-state index is -0.818. The first-order valence-corrected chi connectivity index (χ1v) is 7.71. The summed E-state index contributed by atoms with van der Waals surface area (Å²) in [7, 11) is -0.818. The Bertz CT molecular complexity index is 554. The van der Waals surface area contributed by atoms with E-state index in [4.69, 9.17) is 0 Å². The van der Waals surface area contributed by atoms with Crippen LogP contribution in [0, 0.1) is 6.92 Å². The molecular weight excluding hydrogens is 256 g/mol. The number of hydrogen-bond acceptors (Lipinski definition) is 6. The summed E-state index contributed by atoms with van der Waals surface area (Å²) in [5.74, 6) is 1.38. The van der Waals surface area contributed by atoms with E-state index in [0.29, 0.717) is 5.75 Å². The first kappa shape index (κ1) is 12.4. The molecule has 0 saturated heterocycles. The molecule has 0 saturated carbocycles. The zero-order chi connectivity index (χ0) is 12.4. The molecule has 0 aliphatic rings. The summed E-state index contributed by atoms with van der Waals surface area (Å²) in [5, 5.41) is 4.23. The van der Waals surface area contributed by atoms with E-state index in [1.807, 2.05) is 13.8 Å². The third kappa shape index (κ3) is 2.78. The van der Waals surface area contributed by atoms with Crippen molar-refractivity contribution >= 4 is 38.4 Å². The average Bonchev–Trinajstić information content (AvgIpc) is 2.60. The minimum absolute atomic E-state index is 0.109. The molecule has 2 atom stereocenters. The molecule has 0 radical (unpaired) electrons. The lowest BCUT2D eigenvalue weighted by atomic mass is 10.3. The highest BCUT2D eigenvalue weighted by Crippen LogP contribution is 2.25. The lowest BCUT2D eigenvalue weighted by Gasteiger charge is -2.13. The highest BCUT2D eigenvalue weighted by atomic mass is 32.2. The van der Waals surface area contributed by atoms with Crippen LogP contribution in [0.1, 0.15) is 12.6 Å². The first-order chi connectivity index (χ1) is 8.08. The Balaban J connectivity index is 2.29. The Morgan fingerprint density at radius 3 is 3.00 bits per heavy atom. The fourth-order valence-corrected chi connectivity index (χ4v) is 3.19. The summed E-state index contributed by atoms with van der Waals surface area (Å²) >= 11 is 1.37. The molecule has 0 spiro atoms. The summed E-state index contributed by atoms with van der Waals surface area (Å²) in [6.45, 7) is 3.93. The second-order valence-corrected chi connectivity index (χ2v) is 6.19. The fourth-order valence-electron chi connectivity index (χ4n) is 1.66. The molecule has 5 nitrogen and oxygen atoms in total. The lowest BCUT2D eigenvalue weighted by molar-refractivity contribution is 0.683. The van der Waals surface area contributed by atoms with Gasteiger partial charge in [0.05, 0.1) is 11.1 Å². The van der Waals surface area contributed by atoms with E-state index in [9.17, 15) is 4.21 Å². The van der Waals surface area contributed by atoms with Crippen LogP contribution in [-0.2, 0) is 10.8 Å². The molecule has 2 rings (SSSR count). The first-order valence-electron chi connectivity index (χ1n) is 5.21. The summed E-state index contributed by atoms with van der Waals surface area (Å²) < 4.78 is 15.4. The molecule has 0 fully saturated rings. The number of hydrogen-bond donors (Lipinski definition) is 1. The van der Waals surface area contributed by atoms with Gasteiger partial charge in [0.15, 0.2) is 0 Å². The van der Waals surface area contributed by atoms with E-state index in [1.165, 1.54) is 17.9 Å². The van der Waals surface area contributed by atoms with Gasteiger partial charge in [-0.2, -0.15) is 4.37 Å². The van der Waals surface area contributed by atoms with Crippen LogP contribution in [0.5, 0.6) is 0 Å². The van der Waals surface area contributed by atoms with Gasteiger partial charge in [0.2, 0.25) is 0 Å². The smallest absolute Gasteiger partial charge is 0.149 e. The standard InChI is InChI=1S/C10H14N4OS2/c1-6(4-17(3)15)13-9-8-7(2)14-16-10(8)12-5-11-9/h5-6H,4H2,1-3H3,(H,11,12,13). The lowest BCUT2D eigenvalue weighted by Crippen LogP contribution is -2.23. The molecule has 0 aliphatic heterocycles. The molecule has 2 aromatic rings. The summed E-state index contributed by atoms with van der Waals surface area (Å²) in [6, 6.07) is 0.109. The van der Waals surface area contributed by atoms with Crippen molar-refractivity contribution in [2.75, 3.05) is 17.3 Å². The molecule has 0 aromatic carbocycles. The summed E-state index contributed by atoms with van der Waals surface area (Å²) in [6.07, 6.45) is 3.23. The van der Waals surface area contributed by atoms with Crippen LogP contribution in [-0.4, -0.2) is 36.6 Å². The summed E-state index contributed by atoms with van der Waals surface area (Å²) in [4.78, 5) is 9.29. The molecule has 2 heterocycles. The number of rotatable bonds is 4. The Hall–Kier alpha value is -1.08. The zero-order valence-electron chi connectivity index (χ0n) is 9.93. The van der Waals surface area contributed by atoms with Gasteiger partial charge in [-0.15, -0.1) is 0 Å². The van der Waals surface area contributed by atoms with Crippen LogP contribution in [0.3, 0.4) is 0 Å². The highest BCUT2D eigenvalue weighted by molar-refractivity contribution is 7.84. The second-order valence-electron chi connectivity index (χ2n) is 3.96. The van der Waals surface area contributed by atoms with Crippen molar-refractivity contribution in [3.05, 3.63) is 12.0 Å². The van der Waals surface area contributed by atoms with E-state index >= 15 is 0 Å². The molecular formula is C10H14N4OS2. The molecule has 7 heteroatoms. The number of aryl methyl sites for hydroxylation is 1. The predicted molar refractivity (Wildman–Crippen MR) is 72.0 cm³/mol. The topological polar surface area (TPSA) is 67.8 Å². The second kappa shape index (κ2) is 5.05. The van der Waals surface area contributed by atoms with Gasteiger partial charge in [0, 0.05) is 28.9 Å². The third-order valence-corrected chi connectivity index (χ3v) is 4.13. The molecule has 2 aromatic heterocycles. The SMILES string of the molecule is Cc1nsc2ncnc(NC(C)CS(C)=O)c12. The predicted octanol–water partition coefficient (Wildman–Crippen LogP) is 1.57. The van der Waals surface area contributed by atoms with Crippen molar-refractivity contribution in [2.45, 2.75) is 19.9 Å². The maximum atomic E-state index is 11.2. The number of anilines is 1. The van der Waals surface area contributed by atoms with Crippen molar-refractivity contribution in [1.29, 1.82) is 0 Å². The van der Waals surface area contributed by atoms with Crippen LogP contribution in [0.2, 0.25) is 0 Å². The van der Waals surface area contributed by atoms with E-state index in [1.54, 1.807) is 6.26 Å². The van der Waals surface area contributed by atoms with Crippen LogP contribution >= 0.6 is 11.5 Å². The molecule has 0 amide bonds. The minimum Gasteiger partial charge on any atom is -0.366 e. The van der Waals surface area contributed by atoms with E-state index in [-0.39, 0.29) is 6.04 Å². The normalized spacial score (nSPS) is 14.8. The van der Waals surface area contributed by atoms with Crippen molar-refractivity contribution in [3.8, 4) is 0 Å². The van der Waals surface area contributed by atoms with E-state index in [0.717, 1.165) is 21.7 Å². The maximum Gasteiger partial charge on any atom is 0.149 e. The monoisotopic (exact) mass is 270 g/mol. The van der Waals surface area contributed by atoms with Crippen molar-refractivity contribution in [3.63, 3.8) is 0 Å². The Morgan fingerprint density at radius 1 is 1.53 bits per heavy atom. The van der Waals surface area contributed by atoms with Crippen LogP contribution in [0.25, 0.3) is 10.2 Å². The Kier molecular flexibility index (Phi) is 3.68. The van der Waals surface area contributed by atoms with Crippen molar-refractivity contribution in [1.82, 2.24) is 14.3 Å². The molecule has 1 N–H and O–H groups in total. The number of nitrogens with one attached hydrogen (secondary N) is 1. The number of fused-ring (bicyclic) bond motifs is 1. The summed E-state index contributed by atoms with van der Waals surface area (Å²) in [5.41, 5.74) is 0.929. The van der Waals surface area contributed by atoms with Crippen molar-refractivity contribution in [2.24, 2.45) is 0 Å². The molecule has 92 valence electrons. The van der Waals surface area contributed by atoms with Crippen LogP contribution in [0.4, 0.5) is 5.82 Å². The van der Waals surface area contributed by atoms with Gasteiger partial charge in [0.1, 0.15) is 17.0 Å².